The van der Waals surface area contributed by atoms with Crippen LogP contribution in [0.5, 0.6) is 5.75 Å². The van der Waals surface area contributed by atoms with Crippen molar-refractivity contribution in [3.63, 3.8) is 0 Å². The first-order valence-electron chi connectivity index (χ1n) is 5.67. The molecule has 1 unspecified atom stereocenters. The molecule has 0 amide bonds. The fraction of sp³-hybridized carbons (Fsp3) is 0.417. The molecule has 0 aliphatic heterocycles. The summed E-state index contributed by atoms with van der Waals surface area (Å²) in [5.74, 6) is -0.106. The molecule has 0 fully saturated rings. The minimum Gasteiger partial charge on any atom is -0.493 e. The van der Waals surface area contributed by atoms with Crippen molar-refractivity contribution in [2.24, 2.45) is 5.73 Å². The second-order valence-electron chi connectivity index (χ2n) is 3.97. The van der Waals surface area contributed by atoms with E-state index >= 15 is 0 Å². The molecule has 1 rings (SSSR count). The van der Waals surface area contributed by atoms with Gasteiger partial charge in [-0.25, -0.2) is 0 Å². The number of nitrogens with zero attached hydrogens (tertiary/aromatic N) is 1. The number of carbonyl (C=O) groups is 1. The fourth-order valence-corrected chi connectivity index (χ4v) is 1.42. The third-order valence-corrected chi connectivity index (χ3v) is 2.57. The molecule has 1 aromatic carbocycles. The number of hydrogen-bond acceptors (Lipinski definition) is 6. The van der Waals surface area contributed by atoms with E-state index in [-0.39, 0.29) is 18.7 Å². The highest BCUT2D eigenvalue weighted by Crippen LogP contribution is 2.24. The maximum Gasteiger partial charge on any atom is 0.322 e. The number of esters is 1. The topological polar surface area (TPSA) is 105 Å². The maximum atomic E-state index is 11.1. The second-order valence-corrected chi connectivity index (χ2v) is 3.97. The standard InChI is InChI=1S/C12H16N2O5/c1-8-3-4-9(14(16)17)7-11(8)19-6-5-10(13)12(15)18-2/h3-4,7,10H,5-6,13H2,1-2H3. The quantitative estimate of drug-likeness (QED) is 0.471. The lowest BCUT2D eigenvalue weighted by Crippen LogP contribution is -2.33. The number of rotatable bonds is 6. The van der Waals surface area contributed by atoms with Crippen molar-refractivity contribution >= 4 is 11.7 Å². The van der Waals surface area contributed by atoms with E-state index in [1.54, 1.807) is 13.0 Å². The number of nitro groups is 1. The summed E-state index contributed by atoms with van der Waals surface area (Å²) in [7, 11) is 1.26. The lowest BCUT2D eigenvalue weighted by Gasteiger charge is -2.11. The van der Waals surface area contributed by atoms with Crippen LogP contribution < -0.4 is 10.5 Å². The van der Waals surface area contributed by atoms with E-state index in [9.17, 15) is 14.9 Å². The highest BCUT2D eigenvalue weighted by atomic mass is 16.6. The van der Waals surface area contributed by atoms with Gasteiger partial charge in [-0.3, -0.25) is 14.9 Å². The summed E-state index contributed by atoms with van der Waals surface area (Å²) in [5, 5.41) is 10.6. The summed E-state index contributed by atoms with van der Waals surface area (Å²) in [4.78, 5) is 21.2. The van der Waals surface area contributed by atoms with Crippen LogP contribution in [0.4, 0.5) is 5.69 Å². The number of methoxy groups -OCH3 is 1. The Bertz CT molecular complexity index is 475. The van der Waals surface area contributed by atoms with Crippen molar-refractivity contribution in [3.8, 4) is 5.75 Å². The van der Waals surface area contributed by atoms with E-state index in [1.165, 1.54) is 19.2 Å². The molecule has 1 atom stereocenters. The summed E-state index contributed by atoms with van der Waals surface area (Å²) in [5.41, 5.74) is 6.28. The number of ether oxygens (including phenoxy) is 2. The van der Waals surface area contributed by atoms with Crippen LogP contribution in [0.1, 0.15) is 12.0 Å². The van der Waals surface area contributed by atoms with Crippen molar-refractivity contribution in [2.75, 3.05) is 13.7 Å². The van der Waals surface area contributed by atoms with Crippen LogP contribution in [0, 0.1) is 17.0 Å². The van der Waals surface area contributed by atoms with E-state index in [0.29, 0.717) is 5.75 Å². The smallest absolute Gasteiger partial charge is 0.322 e. The van der Waals surface area contributed by atoms with Crippen LogP contribution in [-0.2, 0) is 9.53 Å². The monoisotopic (exact) mass is 268 g/mol. The number of non-ortho nitro benzene ring substituents is 1. The number of nitrogens with two attached hydrogens (primary N) is 1. The van der Waals surface area contributed by atoms with Gasteiger partial charge in [-0.2, -0.15) is 0 Å². The number of nitro benzene ring substituents is 1. The molecule has 0 radical (unpaired) electrons. The maximum absolute atomic E-state index is 11.1. The van der Waals surface area contributed by atoms with Crippen molar-refractivity contribution in [1.29, 1.82) is 0 Å². The summed E-state index contributed by atoms with van der Waals surface area (Å²) < 4.78 is 9.88. The van der Waals surface area contributed by atoms with Crippen molar-refractivity contribution in [2.45, 2.75) is 19.4 Å². The van der Waals surface area contributed by atoms with Gasteiger partial charge in [-0.05, 0) is 18.6 Å². The summed E-state index contributed by atoms with van der Waals surface area (Å²) in [6.45, 7) is 1.96. The Morgan fingerprint density at radius 1 is 1.53 bits per heavy atom. The predicted molar refractivity (Wildman–Crippen MR) is 67.9 cm³/mol. The Hall–Kier alpha value is -2.15. The van der Waals surface area contributed by atoms with E-state index in [0.717, 1.165) is 5.56 Å². The lowest BCUT2D eigenvalue weighted by atomic mass is 10.2. The van der Waals surface area contributed by atoms with E-state index < -0.39 is 16.9 Å². The SMILES string of the molecule is COC(=O)C(N)CCOc1cc([N+](=O)[O-])ccc1C. The average Bonchev–Trinajstić information content (AvgIpc) is 2.39. The molecule has 0 aliphatic carbocycles. The Morgan fingerprint density at radius 2 is 2.21 bits per heavy atom. The largest absolute Gasteiger partial charge is 0.493 e. The summed E-state index contributed by atoms with van der Waals surface area (Å²) in [6, 6.07) is 3.60. The Labute approximate surface area is 110 Å². The zero-order chi connectivity index (χ0) is 14.4. The van der Waals surface area contributed by atoms with Gasteiger partial charge in [-0.15, -0.1) is 0 Å². The molecule has 0 saturated carbocycles. The number of hydrogen-bond donors (Lipinski definition) is 1. The molecule has 0 aromatic heterocycles. The van der Waals surface area contributed by atoms with Crippen molar-refractivity contribution in [1.82, 2.24) is 0 Å². The Balaban J connectivity index is 2.60. The number of aryl methyl sites for hydroxylation is 1. The normalized spacial score (nSPS) is 11.7. The van der Waals surface area contributed by atoms with Crippen LogP contribution in [0.3, 0.4) is 0 Å². The first-order valence-corrected chi connectivity index (χ1v) is 5.67. The lowest BCUT2D eigenvalue weighted by molar-refractivity contribution is -0.384. The van der Waals surface area contributed by atoms with Gasteiger partial charge < -0.3 is 15.2 Å². The molecule has 0 spiro atoms. The van der Waals surface area contributed by atoms with Gasteiger partial charge in [0, 0.05) is 12.5 Å². The average molecular weight is 268 g/mol. The molecule has 0 saturated heterocycles. The molecule has 0 aliphatic rings. The number of carbonyl (C=O) groups excluding carboxylic acids is 1. The molecule has 2 N–H and O–H groups in total. The fourth-order valence-electron chi connectivity index (χ4n) is 1.42. The van der Waals surface area contributed by atoms with Gasteiger partial charge in [0.05, 0.1) is 24.7 Å². The zero-order valence-electron chi connectivity index (χ0n) is 10.8. The van der Waals surface area contributed by atoms with Crippen LogP contribution in [0.2, 0.25) is 0 Å². The van der Waals surface area contributed by atoms with Crippen LogP contribution in [0.25, 0.3) is 0 Å². The molecular weight excluding hydrogens is 252 g/mol. The van der Waals surface area contributed by atoms with Gasteiger partial charge in [0.15, 0.2) is 0 Å². The van der Waals surface area contributed by atoms with E-state index in [1.807, 2.05) is 0 Å². The molecule has 0 heterocycles. The van der Waals surface area contributed by atoms with Gasteiger partial charge >= 0.3 is 5.97 Å². The predicted octanol–water partition coefficient (Wildman–Crippen LogP) is 1.17. The van der Waals surface area contributed by atoms with Crippen molar-refractivity contribution < 1.29 is 19.2 Å². The van der Waals surface area contributed by atoms with Crippen LogP contribution in [0.15, 0.2) is 18.2 Å². The molecule has 19 heavy (non-hydrogen) atoms. The van der Waals surface area contributed by atoms with Gasteiger partial charge in [0.1, 0.15) is 11.8 Å². The summed E-state index contributed by atoms with van der Waals surface area (Å²) >= 11 is 0. The van der Waals surface area contributed by atoms with Gasteiger partial charge in [0.2, 0.25) is 0 Å². The molecular formula is C12H16N2O5. The third kappa shape index (κ3) is 4.22. The molecule has 1 aromatic rings. The molecule has 7 heteroatoms. The van der Waals surface area contributed by atoms with E-state index in [4.69, 9.17) is 10.5 Å². The van der Waals surface area contributed by atoms with Gasteiger partial charge in [0.25, 0.3) is 5.69 Å². The minimum absolute atomic E-state index is 0.0436. The van der Waals surface area contributed by atoms with Gasteiger partial charge in [-0.1, -0.05) is 0 Å². The number of benzene rings is 1. The first-order chi connectivity index (χ1) is 8.95. The molecule has 104 valence electrons. The summed E-state index contributed by atoms with van der Waals surface area (Å²) in [6.07, 6.45) is 0.273. The molecule has 0 bridgehead atoms. The highest BCUT2D eigenvalue weighted by molar-refractivity contribution is 5.75. The Kier molecular flexibility index (Phi) is 5.25. The highest BCUT2D eigenvalue weighted by Gasteiger charge is 2.14. The Morgan fingerprint density at radius 3 is 2.79 bits per heavy atom. The first kappa shape index (κ1) is 14.9. The van der Waals surface area contributed by atoms with Crippen LogP contribution in [-0.4, -0.2) is 30.7 Å². The minimum atomic E-state index is -0.760. The third-order valence-electron chi connectivity index (χ3n) is 2.57. The molecule has 7 nitrogen and oxygen atoms in total. The zero-order valence-corrected chi connectivity index (χ0v) is 10.8. The van der Waals surface area contributed by atoms with E-state index in [2.05, 4.69) is 4.74 Å². The van der Waals surface area contributed by atoms with Crippen LogP contribution >= 0.6 is 0 Å². The second kappa shape index (κ2) is 6.69. The van der Waals surface area contributed by atoms with Crippen molar-refractivity contribution in [3.05, 3.63) is 33.9 Å².